The Morgan fingerprint density at radius 2 is 1.66 bits per heavy atom. The van der Waals surface area contributed by atoms with Gasteiger partial charge in [0.25, 0.3) is 0 Å². The van der Waals surface area contributed by atoms with Gasteiger partial charge in [0.2, 0.25) is 5.82 Å². The van der Waals surface area contributed by atoms with Crippen LogP contribution in [0.25, 0.3) is 10.8 Å². The summed E-state index contributed by atoms with van der Waals surface area (Å²) in [5.41, 5.74) is -0.764. The third kappa shape index (κ3) is 5.63. The van der Waals surface area contributed by atoms with Crippen LogP contribution in [0.5, 0.6) is 5.75 Å². The molecular formula is C23H15F7N2O3. The maximum Gasteiger partial charge on any atom is 0.462 e. The van der Waals surface area contributed by atoms with Crippen LogP contribution in [0.2, 0.25) is 0 Å². The maximum absolute atomic E-state index is 14.6. The Bertz CT molecular complexity index is 1290. The lowest BCUT2D eigenvalue weighted by atomic mass is 10.0. The summed E-state index contributed by atoms with van der Waals surface area (Å²) in [5.74, 6) is -1.85. The minimum absolute atomic E-state index is 0.187. The average Bonchev–Trinajstić information content (AvgIpc) is 2.78. The largest absolute Gasteiger partial charge is 0.462 e. The van der Waals surface area contributed by atoms with E-state index in [2.05, 4.69) is 14.7 Å². The van der Waals surface area contributed by atoms with Gasteiger partial charge >= 0.3 is 12.3 Å². The van der Waals surface area contributed by atoms with Crippen molar-refractivity contribution in [2.45, 2.75) is 25.5 Å². The zero-order valence-corrected chi connectivity index (χ0v) is 17.8. The molecule has 1 fully saturated rings. The van der Waals surface area contributed by atoms with E-state index in [9.17, 15) is 30.7 Å². The lowest BCUT2D eigenvalue weighted by Crippen LogP contribution is -2.27. The first-order chi connectivity index (χ1) is 16.4. The molecule has 0 radical (unpaired) electrons. The second kappa shape index (κ2) is 9.31. The maximum atomic E-state index is 14.6. The average molecular weight is 500 g/mol. The van der Waals surface area contributed by atoms with Crippen LogP contribution < -0.4 is 4.74 Å². The number of alkyl halides is 5. The molecule has 12 heteroatoms. The van der Waals surface area contributed by atoms with Crippen molar-refractivity contribution in [3.05, 3.63) is 65.2 Å². The van der Waals surface area contributed by atoms with Crippen molar-refractivity contribution in [1.82, 2.24) is 9.97 Å². The van der Waals surface area contributed by atoms with E-state index in [1.165, 1.54) is 5.92 Å². The molecule has 1 aliphatic rings. The third-order valence-electron chi connectivity index (χ3n) is 4.84. The van der Waals surface area contributed by atoms with Crippen LogP contribution in [0, 0.1) is 29.4 Å². The first kappa shape index (κ1) is 24.7. The van der Waals surface area contributed by atoms with Crippen LogP contribution in [-0.2, 0) is 15.6 Å². The number of rotatable bonds is 4. The van der Waals surface area contributed by atoms with Crippen molar-refractivity contribution in [3.63, 3.8) is 0 Å². The number of nitrogens with zero attached hydrogens (tertiary/aromatic N) is 2. The normalized spacial score (nSPS) is 18.7. The number of ether oxygens (including phenoxy) is 3. The van der Waals surface area contributed by atoms with Gasteiger partial charge in [0.1, 0.15) is 17.4 Å². The molecule has 2 aromatic carbocycles. The van der Waals surface area contributed by atoms with Gasteiger partial charge in [-0.3, -0.25) is 0 Å². The Balaban J connectivity index is 1.56. The van der Waals surface area contributed by atoms with Crippen LogP contribution >= 0.6 is 0 Å². The molecule has 5 nitrogen and oxygen atoms in total. The standard InChI is InChI=1S/C23H15F7N2O3/c1-12-10-33-20(34-11-12)14-8-31-21(32-9-14)23(29,30)35-15-2-3-16-13(6-15)7-18(24)17(19(16)25)4-5-22(26,27)28/h2-3,6-9,12,20H,10-11H2,1H3. The van der Waals surface area contributed by atoms with Crippen molar-refractivity contribution in [2.24, 2.45) is 5.92 Å². The SMILES string of the molecule is CC1COC(c2cnc(C(F)(F)Oc3ccc4c(F)c(C#CC(F)(F)F)c(F)cc4c3)nc2)OC1. The number of benzene rings is 2. The zero-order chi connectivity index (χ0) is 25.4. The molecule has 0 N–H and O–H groups in total. The van der Waals surface area contributed by atoms with Crippen molar-refractivity contribution in [3.8, 4) is 17.6 Å². The molecule has 35 heavy (non-hydrogen) atoms. The number of hydrogen-bond acceptors (Lipinski definition) is 5. The van der Waals surface area contributed by atoms with E-state index in [0.29, 0.717) is 24.8 Å². The van der Waals surface area contributed by atoms with E-state index >= 15 is 0 Å². The summed E-state index contributed by atoms with van der Waals surface area (Å²) in [7, 11) is 0. The van der Waals surface area contributed by atoms with Crippen LogP contribution in [0.4, 0.5) is 30.7 Å². The summed E-state index contributed by atoms with van der Waals surface area (Å²) >= 11 is 0. The van der Waals surface area contributed by atoms with Gasteiger partial charge in [0, 0.05) is 35.2 Å². The van der Waals surface area contributed by atoms with E-state index < -0.39 is 47.3 Å². The highest BCUT2D eigenvalue weighted by Crippen LogP contribution is 2.33. The molecule has 0 bridgehead atoms. The van der Waals surface area contributed by atoms with Gasteiger partial charge in [-0.2, -0.15) is 22.0 Å². The Morgan fingerprint density at radius 1 is 1.00 bits per heavy atom. The molecule has 0 unspecified atom stereocenters. The monoisotopic (exact) mass is 500 g/mol. The van der Waals surface area contributed by atoms with Crippen molar-refractivity contribution < 1.29 is 44.9 Å². The lowest BCUT2D eigenvalue weighted by Gasteiger charge is -2.27. The number of aromatic nitrogens is 2. The molecule has 1 saturated heterocycles. The van der Waals surface area contributed by atoms with Gasteiger partial charge < -0.3 is 14.2 Å². The van der Waals surface area contributed by atoms with Crippen molar-refractivity contribution >= 4 is 10.8 Å². The molecule has 0 spiro atoms. The van der Waals surface area contributed by atoms with Gasteiger partial charge in [-0.25, -0.2) is 18.7 Å². The zero-order valence-electron chi connectivity index (χ0n) is 17.8. The summed E-state index contributed by atoms with van der Waals surface area (Å²) in [6, 6.07) is 3.46. The summed E-state index contributed by atoms with van der Waals surface area (Å²) < 4.78 is 110. The summed E-state index contributed by atoms with van der Waals surface area (Å²) in [6.07, 6.45) is -7.55. The van der Waals surface area contributed by atoms with Gasteiger partial charge in [-0.15, -0.1) is 0 Å². The van der Waals surface area contributed by atoms with E-state index in [0.717, 1.165) is 36.5 Å². The summed E-state index contributed by atoms with van der Waals surface area (Å²) in [4.78, 5) is 7.22. The van der Waals surface area contributed by atoms with Gasteiger partial charge in [-0.05, 0) is 29.7 Å². The molecule has 1 aliphatic heterocycles. The predicted molar refractivity (Wildman–Crippen MR) is 107 cm³/mol. The summed E-state index contributed by atoms with van der Waals surface area (Å²) in [6.45, 7) is 2.76. The van der Waals surface area contributed by atoms with Crippen LogP contribution in [0.3, 0.4) is 0 Å². The highest BCUT2D eigenvalue weighted by molar-refractivity contribution is 5.86. The topological polar surface area (TPSA) is 53.5 Å². The molecule has 0 saturated carbocycles. The predicted octanol–water partition coefficient (Wildman–Crippen LogP) is 5.63. The van der Waals surface area contributed by atoms with Gasteiger partial charge in [0.15, 0.2) is 6.29 Å². The Morgan fingerprint density at radius 3 is 2.29 bits per heavy atom. The fraction of sp³-hybridized carbons (Fsp3) is 0.304. The molecule has 3 aromatic rings. The Hall–Kier alpha value is -3.43. The number of hydrogen-bond donors (Lipinski definition) is 0. The first-order valence-electron chi connectivity index (χ1n) is 10.1. The first-order valence-corrected chi connectivity index (χ1v) is 10.1. The highest BCUT2D eigenvalue weighted by Gasteiger charge is 2.39. The highest BCUT2D eigenvalue weighted by atomic mass is 19.4. The van der Waals surface area contributed by atoms with Crippen LogP contribution in [0.1, 0.15) is 30.2 Å². The molecule has 4 rings (SSSR count). The molecule has 0 atom stereocenters. The molecule has 184 valence electrons. The van der Waals surface area contributed by atoms with E-state index in [-0.39, 0.29) is 16.7 Å². The lowest BCUT2D eigenvalue weighted by molar-refractivity contribution is -0.203. The second-order valence-electron chi connectivity index (χ2n) is 7.74. The molecule has 1 aromatic heterocycles. The van der Waals surface area contributed by atoms with Crippen molar-refractivity contribution in [2.75, 3.05) is 13.2 Å². The number of fused-ring (bicyclic) bond motifs is 1. The van der Waals surface area contributed by atoms with E-state index in [1.807, 2.05) is 6.92 Å². The minimum Gasteiger partial charge on any atom is -0.427 e. The minimum atomic E-state index is -4.95. The van der Waals surface area contributed by atoms with Gasteiger partial charge in [0.05, 0.1) is 18.8 Å². The van der Waals surface area contributed by atoms with E-state index in [4.69, 9.17) is 9.47 Å². The Labute approximate surface area is 193 Å². The fourth-order valence-corrected chi connectivity index (χ4v) is 3.22. The van der Waals surface area contributed by atoms with Crippen LogP contribution in [0.15, 0.2) is 36.7 Å². The summed E-state index contributed by atoms with van der Waals surface area (Å²) in [5, 5.41) is -0.570. The quantitative estimate of drug-likeness (QED) is 0.343. The molecule has 2 heterocycles. The molecular weight excluding hydrogens is 485 g/mol. The van der Waals surface area contributed by atoms with Crippen molar-refractivity contribution in [1.29, 1.82) is 0 Å². The van der Waals surface area contributed by atoms with Gasteiger partial charge in [-0.1, -0.05) is 12.8 Å². The smallest absolute Gasteiger partial charge is 0.427 e. The van der Waals surface area contributed by atoms with Crippen LogP contribution in [-0.4, -0.2) is 29.4 Å². The number of halogens is 7. The Kier molecular flexibility index (Phi) is 6.57. The van der Waals surface area contributed by atoms with E-state index in [1.54, 1.807) is 0 Å². The second-order valence-corrected chi connectivity index (χ2v) is 7.74. The molecule has 0 amide bonds. The third-order valence-corrected chi connectivity index (χ3v) is 4.84. The molecule has 0 aliphatic carbocycles. The fourth-order valence-electron chi connectivity index (χ4n) is 3.22.